The number of nitro groups is 1. The predicted molar refractivity (Wildman–Crippen MR) is 133 cm³/mol. The molecule has 0 atom stereocenters. The van der Waals surface area contributed by atoms with Gasteiger partial charge in [-0.1, -0.05) is 54.1 Å². The van der Waals surface area contributed by atoms with Gasteiger partial charge in [0, 0.05) is 22.3 Å². The maximum Gasteiger partial charge on any atom is 0.326 e. The van der Waals surface area contributed by atoms with Crippen LogP contribution < -0.4 is 15.4 Å². The number of imide groups is 1. The molecule has 2 N–H and O–H groups in total. The van der Waals surface area contributed by atoms with Crippen LogP contribution in [0.4, 0.5) is 20.6 Å². The second kappa shape index (κ2) is 10.7. The Morgan fingerprint density at radius 3 is 2.31 bits per heavy atom. The van der Waals surface area contributed by atoms with E-state index in [4.69, 9.17) is 16.3 Å². The molecule has 3 amide bonds. The maximum atomic E-state index is 13.8. The summed E-state index contributed by atoms with van der Waals surface area (Å²) in [5.41, 5.74) is 0.701. The number of amides is 3. The van der Waals surface area contributed by atoms with E-state index in [9.17, 15) is 24.1 Å². The molecule has 36 heavy (non-hydrogen) atoms. The molecule has 4 aromatic carbocycles. The number of benzene rings is 4. The fraction of sp³-hybridized carbons (Fsp3) is 0. The molecule has 4 rings (SSSR count). The van der Waals surface area contributed by atoms with Gasteiger partial charge in [-0.05, 0) is 48.0 Å². The lowest BCUT2D eigenvalue weighted by Crippen LogP contribution is -2.34. The summed E-state index contributed by atoms with van der Waals surface area (Å²) in [6.45, 7) is 0. The highest BCUT2D eigenvalue weighted by molar-refractivity contribution is 6.31. The van der Waals surface area contributed by atoms with Crippen LogP contribution in [-0.4, -0.2) is 16.9 Å². The molecular weight excluding hydrogens is 489 g/mol. The highest BCUT2D eigenvalue weighted by Gasteiger charge is 2.20. The minimum absolute atomic E-state index is 0.0206. The third-order valence-electron chi connectivity index (χ3n) is 5.01. The maximum absolute atomic E-state index is 13.8. The van der Waals surface area contributed by atoms with Crippen molar-refractivity contribution in [2.45, 2.75) is 0 Å². The number of carbonyl (C=O) groups excluding carboxylic acids is 2. The number of nitrogens with one attached hydrogen (secondary N) is 2. The first-order chi connectivity index (χ1) is 17.3. The first-order valence-corrected chi connectivity index (χ1v) is 10.9. The molecule has 0 fully saturated rings. The van der Waals surface area contributed by atoms with Crippen molar-refractivity contribution in [3.63, 3.8) is 0 Å². The van der Waals surface area contributed by atoms with Crippen LogP contribution in [0, 0.1) is 15.9 Å². The van der Waals surface area contributed by atoms with E-state index in [1.807, 2.05) is 35.6 Å². The smallest absolute Gasteiger partial charge is 0.326 e. The lowest BCUT2D eigenvalue weighted by Gasteiger charge is -2.13. The van der Waals surface area contributed by atoms with Gasteiger partial charge < -0.3 is 10.1 Å². The van der Waals surface area contributed by atoms with Crippen LogP contribution in [0.1, 0.15) is 10.4 Å². The molecule has 8 nitrogen and oxygen atoms in total. The van der Waals surface area contributed by atoms with Crippen molar-refractivity contribution in [2.75, 3.05) is 5.32 Å². The SMILES string of the molecule is O=C(NC(=O)c1ccccc1F)Nc1ccc(Oc2ccc(Cl)cc2-c2ccccc2)c([N+](=O)[O-])c1. The number of ether oxygens (including phenoxy) is 1. The Bertz CT molecular complexity index is 1460. The van der Waals surface area contributed by atoms with E-state index in [1.165, 1.54) is 30.3 Å². The summed E-state index contributed by atoms with van der Waals surface area (Å²) in [6, 6.07) is 22.0. The number of rotatable bonds is 6. The van der Waals surface area contributed by atoms with Gasteiger partial charge in [0.25, 0.3) is 5.91 Å². The average molecular weight is 506 g/mol. The molecule has 0 spiro atoms. The van der Waals surface area contributed by atoms with Gasteiger partial charge >= 0.3 is 11.7 Å². The van der Waals surface area contributed by atoms with Crippen LogP contribution in [0.3, 0.4) is 0 Å². The number of halogens is 2. The standard InChI is InChI=1S/C26H17ClFN3O5/c27-17-10-12-23(20(14-17)16-6-2-1-3-7-16)36-24-13-11-18(15-22(24)31(34)35)29-26(33)30-25(32)19-8-4-5-9-21(19)28/h1-15H,(H2,29,30,32,33). The Hall–Kier alpha value is -4.76. The largest absolute Gasteiger partial charge is 0.449 e. The lowest BCUT2D eigenvalue weighted by molar-refractivity contribution is -0.385. The minimum atomic E-state index is -0.990. The average Bonchev–Trinajstić information content (AvgIpc) is 2.86. The fourth-order valence-corrected chi connectivity index (χ4v) is 3.53. The fourth-order valence-electron chi connectivity index (χ4n) is 3.36. The third-order valence-corrected chi connectivity index (χ3v) is 5.24. The monoisotopic (exact) mass is 505 g/mol. The molecule has 0 saturated carbocycles. The zero-order valence-electron chi connectivity index (χ0n) is 18.4. The van der Waals surface area contributed by atoms with E-state index in [1.54, 1.807) is 18.2 Å². The summed E-state index contributed by atoms with van der Waals surface area (Å²) in [7, 11) is 0. The van der Waals surface area contributed by atoms with Gasteiger partial charge in [0.1, 0.15) is 11.6 Å². The van der Waals surface area contributed by atoms with Gasteiger partial charge in [-0.25, -0.2) is 9.18 Å². The number of anilines is 1. The summed E-state index contributed by atoms with van der Waals surface area (Å²) in [6.07, 6.45) is 0. The van der Waals surface area contributed by atoms with E-state index in [0.717, 1.165) is 17.7 Å². The van der Waals surface area contributed by atoms with Crippen LogP contribution >= 0.6 is 11.6 Å². The Morgan fingerprint density at radius 1 is 0.889 bits per heavy atom. The molecule has 0 heterocycles. The molecular formula is C26H17ClFN3O5. The highest BCUT2D eigenvalue weighted by Crippen LogP contribution is 2.39. The van der Waals surface area contributed by atoms with Crippen molar-refractivity contribution in [3.05, 3.63) is 118 Å². The molecule has 10 heteroatoms. The van der Waals surface area contributed by atoms with Gasteiger partial charge in [0.2, 0.25) is 5.75 Å². The topological polar surface area (TPSA) is 111 Å². The Morgan fingerprint density at radius 2 is 1.58 bits per heavy atom. The van der Waals surface area contributed by atoms with Gasteiger partial charge in [-0.2, -0.15) is 0 Å². The van der Waals surface area contributed by atoms with Gasteiger partial charge in [-0.3, -0.25) is 20.2 Å². The molecule has 0 aliphatic carbocycles. The molecule has 0 unspecified atom stereocenters. The summed E-state index contributed by atoms with van der Waals surface area (Å²) in [5.74, 6) is -1.50. The second-order valence-electron chi connectivity index (χ2n) is 7.44. The summed E-state index contributed by atoms with van der Waals surface area (Å²) < 4.78 is 19.6. The summed E-state index contributed by atoms with van der Waals surface area (Å²) in [4.78, 5) is 35.4. The molecule has 0 bridgehead atoms. The van der Waals surface area contributed by atoms with Crippen molar-refractivity contribution < 1.29 is 23.6 Å². The number of urea groups is 1. The summed E-state index contributed by atoms with van der Waals surface area (Å²) in [5, 5.41) is 16.5. The van der Waals surface area contributed by atoms with Gasteiger partial charge in [0.15, 0.2) is 0 Å². The van der Waals surface area contributed by atoms with Gasteiger partial charge in [0.05, 0.1) is 10.5 Å². The number of carbonyl (C=O) groups is 2. The van der Waals surface area contributed by atoms with Crippen LogP contribution in [0.5, 0.6) is 11.5 Å². The number of hydrogen-bond acceptors (Lipinski definition) is 5. The van der Waals surface area contributed by atoms with E-state index in [2.05, 4.69) is 5.32 Å². The Balaban J connectivity index is 1.56. The lowest BCUT2D eigenvalue weighted by atomic mass is 10.0. The molecule has 0 saturated heterocycles. The third kappa shape index (κ3) is 5.65. The Labute approximate surface area is 209 Å². The van der Waals surface area contributed by atoms with E-state index in [0.29, 0.717) is 16.3 Å². The second-order valence-corrected chi connectivity index (χ2v) is 7.87. The summed E-state index contributed by atoms with van der Waals surface area (Å²) >= 11 is 6.15. The van der Waals surface area contributed by atoms with Crippen molar-refractivity contribution in [1.82, 2.24) is 5.32 Å². The zero-order valence-corrected chi connectivity index (χ0v) is 19.2. The van der Waals surface area contributed by atoms with E-state index >= 15 is 0 Å². The first kappa shape index (κ1) is 24.4. The predicted octanol–water partition coefficient (Wildman–Crippen LogP) is 6.81. The number of hydrogen-bond donors (Lipinski definition) is 2. The number of nitro benzene ring substituents is 1. The van der Waals surface area contributed by atoms with Crippen LogP contribution in [0.25, 0.3) is 11.1 Å². The zero-order chi connectivity index (χ0) is 25.7. The molecule has 4 aromatic rings. The van der Waals surface area contributed by atoms with Gasteiger partial charge in [-0.15, -0.1) is 0 Å². The van der Waals surface area contributed by atoms with E-state index < -0.39 is 28.4 Å². The van der Waals surface area contributed by atoms with Crippen LogP contribution in [-0.2, 0) is 0 Å². The molecule has 0 radical (unpaired) electrons. The van der Waals surface area contributed by atoms with Crippen LogP contribution in [0.2, 0.25) is 5.02 Å². The molecule has 0 aliphatic rings. The normalized spacial score (nSPS) is 10.4. The highest BCUT2D eigenvalue weighted by atomic mass is 35.5. The van der Waals surface area contributed by atoms with Crippen molar-refractivity contribution in [1.29, 1.82) is 0 Å². The molecule has 0 aromatic heterocycles. The molecule has 0 aliphatic heterocycles. The first-order valence-electron chi connectivity index (χ1n) is 10.5. The molecule has 180 valence electrons. The Kier molecular flexibility index (Phi) is 7.22. The minimum Gasteiger partial charge on any atom is -0.449 e. The van der Waals surface area contributed by atoms with Crippen molar-refractivity contribution in [3.8, 4) is 22.6 Å². The van der Waals surface area contributed by atoms with Crippen molar-refractivity contribution >= 4 is 34.9 Å². The van der Waals surface area contributed by atoms with Crippen molar-refractivity contribution in [2.24, 2.45) is 0 Å². The van der Waals surface area contributed by atoms with Crippen LogP contribution in [0.15, 0.2) is 91.0 Å². The van der Waals surface area contributed by atoms with E-state index in [-0.39, 0.29) is 17.0 Å². The quantitative estimate of drug-likeness (QED) is 0.221. The number of nitrogens with zero attached hydrogens (tertiary/aromatic N) is 1.